The molecule has 2 N–H and O–H groups in total. The molecule has 0 spiro atoms. The Morgan fingerprint density at radius 1 is 1.33 bits per heavy atom. The summed E-state index contributed by atoms with van der Waals surface area (Å²) in [4.78, 5) is 24.1. The molecular weight excluding hydrogens is 300 g/mol. The Morgan fingerprint density at radius 3 is 2.88 bits per heavy atom. The molecule has 1 fully saturated rings. The van der Waals surface area contributed by atoms with Crippen molar-refractivity contribution in [1.29, 1.82) is 0 Å². The molecule has 126 valence electrons. The first-order chi connectivity index (χ1) is 11.6. The Morgan fingerprint density at radius 2 is 2.17 bits per heavy atom. The summed E-state index contributed by atoms with van der Waals surface area (Å²) in [5, 5.41) is 0. The number of piperidine rings is 1. The predicted molar refractivity (Wildman–Crippen MR) is 94.5 cm³/mol. The molecule has 0 aromatic carbocycles. The summed E-state index contributed by atoms with van der Waals surface area (Å²) in [6.07, 6.45) is 3.85. The minimum atomic E-state index is -0.0404. The van der Waals surface area contributed by atoms with Crippen molar-refractivity contribution >= 4 is 5.91 Å². The second-order valence-electron chi connectivity index (χ2n) is 6.48. The summed E-state index contributed by atoms with van der Waals surface area (Å²) in [5.41, 5.74) is 8.80. The van der Waals surface area contributed by atoms with Gasteiger partial charge >= 0.3 is 0 Å². The molecule has 5 heteroatoms. The lowest BCUT2D eigenvalue weighted by atomic mass is 9.90. The minimum Gasteiger partial charge on any atom is -0.333 e. The number of amides is 1. The lowest BCUT2D eigenvalue weighted by Crippen LogP contribution is -2.51. The van der Waals surface area contributed by atoms with E-state index >= 15 is 0 Å². The first kappa shape index (κ1) is 16.6. The maximum absolute atomic E-state index is 13.2. The van der Waals surface area contributed by atoms with Gasteiger partial charge in [-0.05, 0) is 49.9 Å². The largest absolute Gasteiger partial charge is 0.333 e. The average Bonchev–Trinajstić information content (AvgIpc) is 2.61. The number of pyridine rings is 2. The molecule has 2 atom stereocenters. The lowest BCUT2D eigenvalue weighted by molar-refractivity contribution is 0.0527. The van der Waals surface area contributed by atoms with E-state index in [0.717, 1.165) is 36.3 Å². The van der Waals surface area contributed by atoms with Crippen molar-refractivity contribution in [1.82, 2.24) is 14.9 Å². The van der Waals surface area contributed by atoms with Crippen LogP contribution in [-0.2, 0) is 0 Å². The first-order valence-corrected chi connectivity index (χ1v) is 8.52. The molecule has 3 heterocycles. The molecule has 5 nitrogen and oxygen atoms in total. The number of rotatable bonds is 3. The van der Waals surface area contributed by atoms with Crippen LogP contribution in [0.3, 0.4) is 0 Å². The van der Waals surface area contributed by atoms with Crippen molar-refractivity contribution < 1.29 is 4.79 Å². The van der Waals surface area contributed by atoms with Crippen LogP contribution in [0.15, 0.2) is 36.5 Å². The Kier molecular flexibility index (Phi) is 4.90. The van der Waals surface area contributed by atoms with Crippen molar-refractivity contribution in [2.75, 3.05) is 13.1 Å². The molecule has 0 bridgehead atoms. The van der Waals surface area contributed by atoms with Gasteiger partial charge < -0.3 is 10.6 Å². The fourth-order valence-corrected chi connectivity index (χ4v) is 3.45. The van der Waals surface area contributed by atoms with E-state index < -0.39 is 0 Å². The summed E-state index contributed by atoms with van der Waals surface area (Å²) in [6.45, 7) is 5.29. The van der Waals surface area contributed by atoms with Gasteiger partial charge in [0.25, 0.3) is 5.91 Å². The Labute approximate surface area is 142 Å². The molecule has 0 saturated carbocycles. The third-order valence-corrected chi connectivity index (χ3v) is 4.80. The molecule has 2 aromatic rings. The zero-order chi connectivity index (χ0) is 17.1. The molecular formula is C19H24N4O. The highest BCUT2D eigenvalue weighted by molar-refractivity contribution is 5.98. The fraction of sp³-hybridized carbons (Fsp3) is 0.421. The Hall–Kier alpha value is -2.27. The van der Waals surface area contributed by atoms with Crippen LogP contribution in [0.5, 0.6) is 0 Å². The average molecular weight is 324 g/mol. The van der Waals surface area contributed by atoms with E-state index in [-0.39, 0.29) is 11.9 Å². The highest BCUT2D eigenvalue weighted by Crippen LogP contribution is 2.27. The van der Waals surface area contributed by atoms with Crippen LogP contribution >= 0.6 is 0 Å². The standard InChI is InChI=1S/C19H24N4O/c1-13-6-5-11-23(17(13)12-20)19(24)18-15(9-8-14(2)22-18)16-7-3-4-10-21-16/h3-4,7-10,13,17H,5-6,11-12,20H2,1-2H3/t13-,17-/m1/s1. The molecule has 0 radical (unpaired) electrons. The number of hydrogen-bond acceptors (Lipinski definition) is 4. The number of aromatic nitrogens is 2. The Balaban J connectivity index is 2.02. The van der Waals surface area contributed by atoms with Gasteiger partial charge in [0, 0.05) is 36.6 Å². The number of carbonyl (C=O) groups is 1. The van der Waals surface area contributed by atoms with Crippen molar-refractivity contribution in [3.8, 4) is 11.3 Å². The van der Waals surface area contributed by atoms with Crippen LogP contribution in [0, 0.1) is 12.8 Å². The molecule has 24 heavy (non-hydrogen) atoms. The van der Waals surface area contributed by atoms with E-state index in [1.165, 1.54) is 0 Å². The van der Waals surface area contributed by atoms with Crippen molar-refractivity contribution in [2.24, 2.45) is 11.7 Å². The van der Waals surface area contributed by atoms with E-state index in [0.29, 0.717) is 18.2 Å². The SMILES string of the molecule is Cc1ccc(-c2ccccn2)c(C(=O)N2CCC[C@@H](C)[C@H]2CN)n1. The van der Waals surface area contributed by atoms with Gasteiger partial charge in [-0.3, -0.25) is 9.78 Å². The number of nitrogens with zero attached hydrogens (tertiary/aromatic N) is 3. The van der Waals surface area contributed by atoms with Gasteiger partial charge in [0.05, 0.1) is 5.69 Å². The van der Waals surface area contributed by atoms with E-state index in [9.17, 15) is 4.79 Å². The number of aryl methyl sites for hydroxylation is 1. The van der Waals surface area contributed by atoms with Crippen molar-refractivity contribution in [2.45, 2.75) is 32.7 Å². The van der Waals surface area contributed by atoms with Crippen LogP contribution in [0.1, 0.15) is 35.9 Å². The quantitative estimate of drug-likeness (QED) is 0.942. The van der Waals surface area contributed by atoms with Crippen LogP contribution in [-0.4, -0.2) is 39.9 Å². The summed E-state index contributed by atoms with van der Waals surface area (Å²) in [5.74, 6) is 0.372. The molecule has 3 rings (SSSR count). The molecule has 2 aromatic heterocycles. The maximum Gasteiger partial charge on any atom is 0.273 e. The van der Waals surface area contributed by atoms with E-state index in [1.54, 1.807) is 6.20 Å². The van der Waals surface area contributed by atoms with Crippen LogP contribution in [0.2, 0.25) is 0 Å². The first-order valence-electron chi connectivity index (χ1n) is 8.52. The fourth-order valence-electron chi connectivity index (χ4n) is 3.45. The molecule has 0 aliphatic carbocycles. The normalized spacial score (nSPS) is 20.9. The zero-order valence-electron chi connectivity index (χ0n) is 14.3. The summed E-state index contributed by atoms with van der Waals surface area (Å²) < 4.78 is 0. The summed E-state index contributed by atoms with van der Waals surface area (Å²) in [7, 11) is 0. The second-order valence-corrected chi connectivity index (χ2v) is 6.48. The van der Waals surface area contributed by atoms with Crippen molar-refractivity contribution in [3.05, 3.63) is 47.9 Å². The van der Waals surface area contributed by atoms with Gasteiger partial charge in [-0.1, -0.05) is 13.0 Å². The third kappa shape index (κ3) is 3.17. The minimum absolute atomic E-state index is 0.0404. The highest BCUT2D eigenvalue weighted by atomic mass is 16.2. The van der Waals surface area contributed by atoms with Gasteiger partial charge in [0.15, 0.2) is 0 Å². The van der Waals surface area contributed by atoms with Gasteiger partial charge in [-0.2, -0.15) is 0 Å². The van der Waals surface area contributed by atoms with E-state index in [1.807, 2.05) is 42.2 Å². The third-order valence-electron chi connectivity index (χ3n) is 4.80. The summed E-state index contributed by atoms with van der Waals surface area (Å²) in [6, 6.07) is 9.61. The molecule has 0 unspecified atom stereocenters. The molecule has 1 aliphatic heterocycles. The summed E-state index contributed by atoms with van der Waals surface area (Å²) >= 11 is 0. The number of likely N-dealkylation sites (tertiary alicyclic amines) is 1. The van der Waals surface area contributed by atoms with Gasteiger partial charge in [-0.25, -0.2) is 4.98 Å². The topological polar surface area (TPSA) is 72.1 Å². The van der Waals surface area contributed by atoms with Crippen molar-refractivity contribution in [3.63, 3.8) is 0 Å². The second kappa shape index (κ2) is 7.09. The number of nitrogens with two attached hydrogens (primary N) is 1. The lowest BCUT2D eigenvalue weighted by Gasteiger charge is -2.39. The molecule has 1 saturated heterocycles. The van der Waals surface area contributed by atoms with Gasteiger partial charge in [0.1, 0.15) is 5.69 Å². The van der Waals surface area contributed by atoms with Crippen LogP contribution in [0.4, 0.5) is 0 Å². The van der Waals surface area contributed by atoms with E-state index in [2.05, 4.69) is 16.9 Å². The maximum atomic E-state index is 13.2. The number of hydrogen-bond donors (Lipinski definition) is 1. The van der Waals surface area contributed by atoms with Crippen LogP contribution in [0.25, 0.3) is 11.3 Å². The molecule has 1 amide bonds. The smallest absolute Gasteiger partial charge is 0.273 e. The molecule has 1 aliphatic rings. The number of carbonyl (C=O) groups excluding carboxylic acids is 1. The highest BCUT2D eigenvalue weighted by Gasteiger charge is 2.33. The predicted octanol–water partition coefficient (Wildman–Crippen LogP) is 2.65. The van der Waals surface area contributed by atoms with Crippen LogP contribution < -0.4 is 5.73 Å². The Bertz CT molecular complexity index is 717. The van der Waals surface area contributed by atoms with Gasteiger partial charge in [0.2, 0.25) is 0 Å². The monoisotopic (exact) mass is 324 g/mol. The van der Waals surface area contributed by atoms with E-state index in [4.69, 9.17) is 5.73 Å². The zero-order valence-corrected chi connectivity index (χ0v) is 14.3. The van der Waals surface area contributed by atoms with Gasteiger partial charge in [-0.15, -0.1) is 0 Å².